The van der Waals surface area contributed by atoms with E-state index in [-0.39, 0.29) is 17.7 Å². The van der Waals surface area contributed by atoms with E-state index in [0.29, 0.717) is 5.56 Å². The first-order valence-electron chi connectivity index (χ1n) is 9.34. The standard InChI is InChI=1S/C20H29N3O2/c1-3-4-8-15(2)22-23-20(25)17-11-13-18(14-12-17)21-19(24)16-9-6-5-7-10-16/h11-14,16H,3-10H2,1-2H3,(H,21,24)(H,23,25)/b22-15+. The molecule has 1 fully saturated rings. The number of nitrogens with zero attached hydrogens (tertiary/aromatic N) is 1. The molecule has 1 aromatic carbocycles. The van der Waals surface area contributed by atoms with Gasteiger partial charge in [0.1, 0.15) is 0 Å². The third-order valence-electron chi connectivity index (χ3n) is 4.63. The van der Waals surface area contributed by atoms with Crippen molar-refractivity contribution in [2.24, 2.45) is 11.0 Å². The summed E-state index contributed by atoms with van der Waals surface area (Å²) in [5.41, 5.74) is 4.77. The van der Waals surface area contributed by atoms with Gasteiger partial charge in [-0.3, -0.25) is 9.59 Å². The van der Waals surface area contributed by atoms with Gasteiger partial charge in [-0.1, -0.05) is 32.6 Å². The van der Waals surface area contributed by atoms with Crippen LogP contribution in [0, 0.1) is 5.92 Å². The van der Waals surface area contributed by atoms with E-state index in [4.69, 9.17) is 0 Å². The van der Waals surface area contributed by atoms with Crippen LogP contribution in [0.5, 0.6) is 0 Å². The molecular weight excluding hydrogens is 314 g/mol. The fourth-order valence-electron chi connectivity index (χ4n) is 3.01. The Kier molecular flexibility index (Phi) is 7.64. The molecule has 25 heavy (non-hydrogen) atoms. The Morgan fingerprint density at radius 1 is 1.12 bits per heavy atom. The number of benzene rings is 1. The normalized spacial score (nSPS) is 15.7. The van der Waals surface area contributed by atoms with E-state index in [0.717, 1.165) is 56.3 Å². The Morgan fingerprint density at radius 2 is 1.80 bits per heavy atom. The monoisotopic (exact) mass is 343 g/mol. The molecule has 0 unspecified atom stereocenters. The summed E-state index contributed by atoms with van der Waals surface area (Å²) < 4.78 is 0. The molecular formula is C20H29N3O2. The SMILES string of the molecule is CCCC/C(C)=N/NC(=O)c1ccc(NC(=O)C2CCCCC2)cc1. The van der Waals surface area contributed by atoms with Gasteiger partial charge in [0.15, 0.2) is 0 Å². The van der Waals surface area contributed by atoms with Crippen LogP contribution in [-0.2, 0) is 4.79 Å². The van der Waals surface area contributed by atoms with Crippen molar-refractivity contribution < 1.29 is 9.59 Å². The van der Waals surface area contributed by atoms with Gasteiger partial charge in [0, 0.05) is 22.9 Å². The first kappa shape index (κ1) is 19.2. The van der Waals surface area contributed by atoms with Gasteiger partial charge in [-0.05, 0) is 56.9 Å². The van der Waals surface area contributed by atoms with Crippen molar-refractivity contribution in [2.75, 3.05) is 5.32 Å². The minimum atomic E-state index is -0.235. The van der Waals surface area contributed by atoms with Crippen LogP contribution >= 0.6 is 0 Å². The van der Waals surface area contributed by atoms with Gasteiger partial charge in [0.25, 0.3) is 5.91 Å². The van der Waals surface area contributed by atoms with Crippen LogP contribution in [0.2, 0.25) is 0 Å². The van der Waals surface area contributed by atoms with E-state index in [1.807, 2.05) is 6.92 Å². The molecule has 0 atom stereocenters. The van der Waals surface area contributed by atoms with Crippen LogP contribution in [0.3, 0.4) is 0 Å². The lowest BCUT2D eigenvalue weighted by atomic mass is 9.88. The van der Waals surface area contributed by atoms with E-state index in [2.05, 4.69) is 22.8 Å². The molecule has 2 N–H and O–H groups in total. The highest BCUT2D eigenvalue weighted by molar-refractivity contribution is 5.97. The quantitative estimate of drug-likeness (QED) is 0.565. The van der Waals surface area contributed by atoms with E-state index in [1.54, 1.807) is 24.3 Å². The summed E-state index contributed by atoms with van der Waals surface area (Å²) >= 11 is 0. The molecule has 1 saturated carbocycles. The third-order valence-corrected chi connectivity index (χ3v) is 4.63. The number of amides is 2. The maximum Gasteiger partial charge on any atom is 0.271 e. The highest BCUT2D eigenvalue weighted by atomic mass is 16.2. The average Bonchev–Trinajstić information content (AvgIpc) is 2.65. The van der Waals surface area contributed by atoms with Crippen LogP contribution in [-0.4, -0.2) is 17.5 Å². The molecule has 1 aliphatic carbocycles. The number of anilines is 1. The van der Waals surface area contributed by atoms with Gasteiger partial charge in [-0.2, -0.15) is 5.10 Å². The Hall–Kier alpha value is -2.17. The van der Waals surface area contributed by atoms with E-state index < -0.39 is 0 Å². The van der Waals surface area contributed by atoms with Crippen molar-refractivity contribution in [1.82, 2.24) is 5.43 Å². The highest BCUT2D eigenvalue weighted by Gasteiger charge is 2.21. The van der Waals surface area contributed by atoms with Crippen molar-refractivity contribution in [3.05, 3.63) is 29.8 Å². The molecule has 0 radical (unpaired) electrons. The Balaban J connectivity index is 1.86. The number of carbonyl (C=O) groups is 2. The molecule has 2 rings (SSSR count). The van der Waals surface area contributed by atoms with Crippen LogP contribution in [0.25, 0.3) is 0 Å². The molecule has 5 heteroatoms. The zero-order valence-electron chi connectivity index (χ0n) is 15.3. The predicted molar refractivity (Wildman–Crippen MR) is 102 cm³/mol. The Labute approximate surface area is 150 Å². The van der Waals surface area contributed by atoms with Crippen LogP contribution in [0.15, 0.2) is 29.4 Å². The molecule has 136 valence electrons. The number of hydrogen-bond acceptors (Lipinski definition) is 3. The lowest BCUT2D eigenvalue weighted by Gasteiger charge is -2.20. The summed E-state index contributed by atoms with van der Waals surface area (Å²) in [4.78, 5) is 24.3. The maximum atomic E-state index is 12.2. The topological polar surface area (TPSA) is 70.6 Å². The summed E-state index contributed by atoms with van der Waals surface area (Å²) in [6.45, 7) is 4.04. The van der Waals surface area contributed by atoms with Gasteiger partial charge in [0.2, 0.25) is 5.91 Å². The van der Waals surface area contributed by atoms with Gasteiger partial charge >= 0.3 is 0 Å². The smallest absolute Gasteiger partial charge is 0.271 e. The summed E-state index contributed by atoms with van der Waals surface area (Å²) in [5.74, 6) is -0.0220. The maximum absolute atomic E-state index is 12.2. The molecule has 0 spiro atoms. The zero-order chi connectivity index (χ0) is 18.1. The Bertz CT molecular complexity index is 602. The van der Waals surface area contributed by atoms with Crippen molar-refractivity contribution in [1.29, 1.82) is 0 Å². The van der Waals surface area contributed by atoms with Gasteiger partial charge in [-0.25, -0.2) is 5.43 Å². The first-order chi connectivity index (χ1) is 12.1. The number of nitrogens with one attached hydrogen (secondary N) is 2. The lowest BCUT2D eigenvalue weighted by Crippen LogP contribution is -2.24. The fourth-order valence-corrected chi connectivity index (χ4v) is 3.01. The summed E-state index contributed by atoms with van der Waals surface area (Å²) in [7, 11) is 0. The van der Waals surface area contributed by atoms with Crippen molar-refractivity contribution in [3.8, 4) is 0 Å². The van der Waals surface area contributed by atoms with Crippen LogP contribution in [0.1, 0.15) is 75.6 Å². The summed E-state index contributed by atoms with van der Waals surface area (Å²) in [5, 5.41) is 7.07. The number of hydrazone groups is 1. The molecule has 2 amide bonds. The third kappa shape index (κ3) is 6.33. The summed E-state index contributed by atoms with van der Waals surface area (Å²) in [6.07, 6.45) is 8.51. The fraction of sp³-hybridized carbons (Fsp3) is 0.550. The highest BCUT2D eigenvalue weighted by Crippen LogP contribution is 2.25. The molecule has 0 heterocycles. The lowest BCUT2D eigenvalue weighted by molar-refractivity contribution is -0.120. The average molecular weight is 343 g/mol. The van der Waals surface area contributed by atoms with Crippen molar-refractivity contribution >= 4 is 23.2 Å². The number of hydrogen-bond donors (Lipinski definition) is 2. The van der Waals surface area contributed by atoms with Crippen LogP contribution < -0.4 is 10.7 Å². The Morgan fingerprint density at radius 3 is 2.44 bits per heavy atom. The van der Waals surface area contributed by atoms with Gasteiger partial charge in [0.05, 0.1) is 0 Å². The van der Waals surface area contributed by atoms with Crippen molar-refractivity contribution in [3.63, 3.8) is 0 Å². The minimum absolute atomic E-state index is 0.0908. The molecule has 1 aliphatic rings. The molecule has 0 saturated heterocycles. The van der Waals surface area contributed by atoms with Crippen molar-refractivity contribution in [2.45, 2.75) is 65.2 Å². The molecule has 0 aliphatic heterocycles. The number of unbranched alkanes of at least 4 members (excludes halogenated alkanes) is 1. The van der Waals surface area contributed by atoms with E-state index >= 15 is 0 Å². The second-order valence-electron chi connectivity index (χ2n) is 6.79. The summed E-state index contributed by atoms with van der Waals surface area (Å²) in [6, 6.07) is 6.96. The first-order valence-corrected chi connectivity index (χ1v) is 9.34. The molecule has 1 aromatic rings. The predicted octanol–water partition coefficient (Wildman–Crippen LogP) is 4.50. The molecule has 0 bridgehead atoms. The second kappa shape index (κ2) is 9.97. The minimum Gasteiger partial charge on any atom is -0.326 e. The zero-order valence-corrected chi connectivity index (χ0v) is 15.3. The van der Waals surface area contributed by atoms with Gasteiger partial charge in [-0.15, -0.1) is 0 Å². The second-order valence-corrected chi connectivity index (χ2v) is 6.79. The van der Waals surface area contributed by atoms with E-state index in [9.17, 15) is 9.59 Å². The van der Waals surface area contributed by atoms with Crippen LogP contribution in [0.4, 0.5) is 5.69 Å². The largest absolute Gasteiger partial charge is 0.326 e. The van der Waals surface area contributed by atoms with Gasteiger partial charge < -0.3 is 5.32 Å². The molecule has 0 aromatic heterocycles. The molecule has 5 nitrogen and oxygen atoms in total. The number of rotatable bonds is 7. The number of carbonyl (C=O) groups excluding carboxylic acids is 2. The van der Waals surface area contributed by atoms with E-state index in [1.165, 1.54) is 6.42 Å².